The number of aromatic nitrogens is 4. The van der Waals surface area contributed by atoms with Gasteiger partial charge in [0.1, 0.15) is 5.82 Å². The Hall–Kier alpha value is -1.85. The molecular weight excluding hydrogens is 196 g/mol. The van der Waals surface area contributed by atoms with Gasteiger partial charge in [-0.2, -0.15) is 9.50 Å². The molecule has 0 atom stereocenters. The van der Waals surface area contributed by atoms with Crippen LogP contribution in [0.4, 0.5) is 0 Å². The molecule has 0 bridgehead atoms. The van der Waals surface area contributed by atoms with Crippen LogP contribution in [0.5, 0.6) is 5.88 Å². The van der Waals surface area contributed by atoms with Gasteiger partial charge in [-0.1, -0.05) is 13.3 Å². The van der Waals surface area contributed by atoms with E-state index in [1.807, 2.05) is 6.92 Å². The first kappa shape index (κ1) is 9.70. The van der Waals surface area contributed by atoms with E-state index in [1.165, 1.54) is 4.52 Å². The molecule has 6 heteroatoms. The summed E-state index contributed by atoms with van der Waals surface area (Å²) < 4.78 is 1.25. The summed E-state index contributed by atoms with van der Waals surface area (Å²) in [7, 11) is 0. The molecule has 0 aliphatic heterocycles. The number of aromatic amines is 1. The van der Waals surface area contributed by atoms with Crippen molar-refractivity contribution in [2.75, 3.05) is 0 Å². The molecule has 0 unspecified atom stereocenters. The van der Waals surface area contributed by atoms with E-state index in [4.69, 9.17) is 0 Å². The molecule has 0 amide bonds. The molecule has 0 saturated carbocycles. The number of hydrogen-bond acceptors (Lipinski definition) is 4. The summed E-state index contributed by atoms with van der Waals surface area (Å²) >= 11 is 0. The van der Waals surface area contributed by atoms with E-state index in [-0.39, 0.29) is 17.2 Å². The molecule has 0 aliphatic rings. The molecular formula is C9H12N4O2. The van der Waals surface area contributed by atoms with E-state index >= 15 is 0 Å². The monoisotopic (exact) mass is 208 g/mol. The Kier molecular flexibility index (Phi) is 2.18. The molecule has 0 aliphatic carbocycles. The second-order valence-corrected chi connectivity index (χ2v) is 3.40. The second kappa shape index (κ2) is 3.38. The molecule has 0 radical (unpaired) electrons. The smallest absolute Gasteiger partial charge is 0.259 e. The molecule has 0 spiro atoms. The van der Waals surface area contributed by atoms with E-state index in [2.05, 4.69) is 15.1 Å². The van der Waals surface area contributed by atoms with Crippen LogP contribution in [0.2, 0.25) is 0 Å². The fourth-order valence-electron chi connectivity index (χ4n) is 1.53. The van der Waals surface area contributed by atoms with Crippen molar-refractivity contribution in [3.8, 4) is 5.88 Å². The van der Waals surface area contributed by atoms with Crippen molar-refractivity contribution >= 4 is 5.78 Å². The Morgan fingerprint density at radius 1 is 1.53 bits per heavy atom. The number of nitrogens with one attached hydrogen (secondary N) is 1. The zero-order valence-corrected chi connectivity index (χ0v) is 8.61. The molecule has 0 fully saturated rings. The number of aryl methyl sites for hydroxylation is 1. The zero-order chi connectivity index (χ0) is 11.0. The number of H-pyrrole nitrogens is 1. The van der Waals surface area contributed by atoms with E-state index in [1.54, 1.807) is 6.92 Å². The number of aromatic hydroxyl groups is 1. The fourth-order valence-corrected chi connectivity index (χ4v) is 1.53. The molecule has 2 aromatic rings. The van der Waals surface area contributed by atoms with Gasteiger partial charge in [-0.05, 0) is 13.3 Å². The van der Waals surface area contributed by atoms with Gasteiger partial charge in [-0.15, -0.1) is 5.10 Å². The van der Waals surface area contributed by atoms with Gasteiger partial charge >= 0.3 is 0 Å². The SMILES string of the molecule is CCCc1c(O)n2nc(C)nc2[nH]c1=O. The van der Waals surface area contributed by atoms with Crippen LogP contribution in [0, 0.1) is 6.92 Å². The van der Waals surface area contributed by atoms with Crippen LogP contribution in [0.15, 0.2) is 4.79 Å². The van der Waals surface area contributed by atoms with E-state index in [0.29, 0.717) is 17.8 Å². The molecule has 2 aromatic heterocycles. The third kappa shape index (κ3) is 1.47. The molecule has 2 N–H and O–H groups in total. The van der Waals surface area contributed by atoms with E-state index in [9.17, 15) is 9.90 Å². The van der Waals surface area contributed by atoms with Gasteiger partial charge in [0.25, 0.3) is 5.56 Å². The van der Waals surface area contributed by atoms with Crippen LogP contribution in [0.3, 0.4) is 0 Å². The quantitative estimate of drug-likeness (QED) is 0.747. The van der Waals surface area contributed by atoms with Crippen LogP contribution in [-0.4, -0.2) is 24.7 Å². The maximum absolute atomic E-state index is 11.6. The van der Waals surface area contributed by atoms with Crippen molar-refractivity contribution in [3.63, 3.8) is 0 Å². The summed E-state index contributed by atoms with van der Waals surface area (Å²) in [5.74, 6) is 0.667. The molecule has 2 rings (SSSR count). The van der Waals surface area contributed by atoms with Crippen molar-refractivity contribution in [1.29, 1.82) is 0 Å². The van der Waals surface area contributed by atoms with E-state index < -0.39 is 0 Å². The lowest BCUT2D eigenvalue weighted by Gasteiger charge is -2.02. The van der Waals surface area contributed by atoms with Gasteiger partial charge in [0.15, 0.2) is 0 Å². The largest absolute Gasteiger partial charge is 0.493 e. The van der Waals surface area contributed by atoms with Gasteiger partial charge in [-0.3, -0.25) is 9.78 Å². The standard InChI is InChI=1S/C9H12N4O2/c1-3-4-6-7(14)11-9-10-5(2)12-13(9)8(6)15/h15H,3-4H2,1-2H3,(H,10,11,12,14). The number of fused-ring (bicyclic) bond motifs is 1. The van der Waals surface area contributed by atoms with Gasteiger partial charge in [-0.25, -0.2) is 0 Å². The molecule has 0 saturated heterocycles. The third-order valence-corrected chi connectivity index (χ3v) is 2.18. The number of hydrogen-bond donors (Lipinski definition) is 2. The minimum absolute atomic E-state index is 0.115. The van der Waals surface area contributed by atoms with Gasteiger partial charge in [0.05, 0.1) is 5.56 Å². The normalized spacial score (nSPS) is 11.1. The first-order valence-corrected chi connectivity index (χ1v) is 4.81. The highest BCUT2D eigenvalue weighted by Gasteiger charge is 2.13. The van der Waals surface area contributed by atoms with Crippen molar-refractivity contribution < 1.29 is 5.11 Å². The lowest BCUT2D eigenvalue weighted by molar-refractivity contribution is 0.425. The molecule has 80 valence electrons. The highest BCUT2D eigenvalue weighted by Crippen LogP contribution is 2.14. The van der Waals surface area contributed by atoms with Crippen LogP contribution < -0.4 is 5.56 Å². The minimum atomic E-state index is -0.297. The number of rotatable bonds is 2. The summed E-state index contributed by atoms with van der Waals surface area (Å²) in [6, 6.07) is 0. The highest BCUT2D eigenvalue weighted by molar-refractivity contribution is 5.35. The Labute approximate surface area is 85.6 Å². The Morgan fingerprint density at radius 2 is 2.27 bits per heavy atom. The summed E-state index contributed by atoms with van der Waals surface area (Å²) in [6.07, 6.45) is 1.31. The van der Waals surface area contributed by atoms with E-state index in [0.717, 1.165) is 6.42 Å². The Morgan fingerprint density at radius 3 is 2.93 bits per heavy atom. The van der Waals surface area contributed by atoms with Crippen molar-refractivity contribution in [2.45, 2.75) is 26.7 Å². The molecule has 0 aromatic carbocycles. The third-order valence-electron chi connectivity index (χ3n) is 2.18. The molecule has 2 heterocycles. The van der Waals surface area contributed by atoms with Gasteiger partial charge < -0.3 is 5.11 Å². The average Bonchev–Trinajstić information content (AvgIpc) is 2.53. The first-order valence-electron chi connectivity index (χ1n) is 4.81. The topological polar surface area (TPSA) is 83.3 Å². The van der Waals surface area contributed by atoms with Gasteiger partial charge in [0, 0.05) is 0 Å². The van der Waals surface area contributed by atoms with Crippen molar-refractivity contribution in [2.24, 2.45) is 0 Å². The number of nitrogens with zero attached hydrogens (tertiary/aromatic N) is 3. The van der Waals surface area contributed by atoms with Crippen molar-refractivity contribution in [3.05, 3.63) is 21.7 Å². The Bertz CT molecular complexity index is 555. The lowest BCUT2D eigenvalue weighted by Crippen LogP contribution is -2.15. The van der Waals surface area contributed by atoms with Crippen LogP contribution >= 0.6 is 0 Å². The van der Waals surface area contributed by atoms with Crippen LogP contribution in [-0.2, 0) is 6.42 Å². The minimum Gasteiger partial charge on any atom is -0.493 e. The second-order valence-electron chi connectivity index (χ2n) is 3.40. The van der Waals surface area contributed by atoms with Crippen LogP contribution in [0.25, 0.3) is 5.78 Å². The van der Waals surface area contributed by atoms with Crippen molar-refractivity contribution in [1.82, 2.24) is 19.6 Å². The highest BCUT2D eigenvalue weighted by atomic mass is 16.3. The average molecular weight is 208 g/mol. The maximum Gasteiger partial charge on any atom is 0.259 e. The summed E-state index contributed by atoms with van der Waals surface area (Å²) in [4.78, 5) is 18.1. The summed E-state index contributed by atoms with van der Waals surface area (Å²) in [5, 5.41) is 13.8. The van der Waals surface area contributed by atoms with Crippen LogP contribution in [0.1, 0.15) is 24.7 Å². The van der Waals surface area contributed by atoms with Gasteiger partial charge in [0.2, 0.25) is 11.7 Å². The molecule has 15 heavy (non-hydrogen) atoms. The zero-order valence-electron chi connectivity index (χ0n) is 8.61. The predicted molar refractivity (Wildman–Crippen MR) is 54.0 cm³/mol. The summed E-state index contributed by atoms with van der Waals surface area (Å²) in [6.45, 7) is 3.64. The summed E-state index contributed by atoms with van der Waals surface area (Å²) in [5.41, 5.74) is 0.0594. The predicted octanol–water partition coefficient (Wildman–Crippen LogP) is 0.384. The Balaban J connectivity index is 2.77. The first-order chi connectivity index (χ1) is 7.13. The fraction of sp³-hybridized carbons (Fsp3) is 0.444. The molecule has 6 nitrogen and oxygen atoms in total. The lowest BCUT2D eigenvalue weighted by atomic mass is 10.2. The maximum atomic E-state index is 11.6.